The van der Waals surface area contributed by atoms with E-state index in [0.29, 0.717) is 11.3 Å². The van der Waals surface area contributed by atoms with Crippen LogP contribution in [0.3, 0.4) is 0 Å². The number of amides is 1. The first-order valence-corrected chi connectivity index (χ1v) is 12.1. The second-order valence-electron chi connectivity index (χ2n) is 9.01. The van der Waals surface area contributed by atoms with Gasteiger partial charge in [0.1, 0.15) is 11.5 Å². The highest BCUT2D eigenvalue weighted by Gasteiger charge is 2.35. The maximum Gasteiger partial charge on any atom is 0.475 e. The molecule has 3 aromatic rings. The molecule has 39 heavy (non-hydrogen) atoms. The number of halogens is 3. The summed E-state index contributed by atoms with van der Waals surface area (Å²) in [6, 6.07) is 18.7. The molecule has 206 valence electrons. The van der Waals surface area contributed by atoms with Crippen molar-refractivity contribution in [3.05, 3.63) is 95.1 Å². The van der Waals surface area contributed by atoms with E-state index in [4.69, 9.17) is 9.47 Å². The first-order chi connectivity index (χ1) is 18.5. The second kappa shape index (κ2) is 13.3. The largest absolute Gasteiger partial charge is 0.497 e. The van der Waals surface area contributed by atoms with Gasteiger partial charge in [-0.05, 0) is 60.4 Å². The molecule has 0 aliphatic heterocycles. The zero-order chi connectivity index (χ0) is 28.6. The topological polar surface area (TPSA) is 105 Å². The summed E-state index contributed by atoms with van der Waals surface area (Å²) in [6.07, 6.45) is -4.99. The summed E-state index contributed by atoms with van der Waals surface area (Å²) in [6.45, 7) is 0. The fraction of sp³-hybridized carbons (Fsp3) is 0.286. The van der Waals surface area contributed by atoms with Gasteiger partial charge in [0.05, 0.1) is 25.7 Å². The van der Waals surface area contributed by atoms with Crippen LogP contribution in [0.25, 0.3) is 0 Å². The Bertz CT molecular complexity index is 1250. The van der Waals surface area contributed by atoms with Gasteiger partial charge in [-0.2, -0.15) is 13.2 Å². The fourth-order valence-corrected chi connectivity index (χ4v) is 4.16. The molecule has 0 fully saturated rings. The second-order valence-corrected chi connectivity index (χ2v) is 9.01. The van der Waals surface area contributed by atoms with Crippen molar-refractivity contribution in [1.82, 2.24) is 5.32 Å². The van der Waals surface area contributed by atoms with Crippen LogP contribution in [-0.4, -0.2) is 49.0 Å². The van der Waals surface area contributed by atoms with Gasteiger partial charge in [-0.15, -0.1) is 0 Å². The van der Waals surface area contributed by atoms with Crippen molar-refractivity contribution in [3.8, 4) is 11.5 Å². The highest BCUT2D eigenvalue weighted by Crippen LogP contribution is 2.37. The third-order valence-electron chi connectivity index (χ3n) is 6.25. The molecule has 2 atom stereocenters. The van der Waals surface area contributed by atoms with E-state index in [1.165, 1.54) is 13.2 Å². The van der Waals surface area contributed by atoms with E-state index < -0.39 is 36.6 Å². The van der Waals surface area contributed by atoms with Crippen molar-refractivity contribution in [3.63, 3.8) is 0 Å². The van der Waals surface area contributed by atoms with Crippen molar-refractivity contribution >= 4 is 18.8 Å². The van der Waals surface area contributed by atoms with E-state index in [2.05, 4.69) is 5.32 Å². The summed E-state index contributed by atoms with van der Waals surface area (Å²) in [7, 11) is 0.545. The minimum Gasteiger partial charge on any atom is -0.497 e. The summed E-state index contributed by atoms with van der Waals surface area (Å²) in [5.74, 6) is -2.97. The number of methoxy groups -OCH3 is 2. The summed E-state index contributed by atoms with van der Waals surface area (Å²) >= 11 is 0. The third-order valence-corrected chi connectivity index (χ3v) is 6.25. The highest BCUT2D eigenvalue weighted by molar-refractivity contribution is 6.43. The summed E-state index contributed by atoms with van der Waals surface area (Å²) < 4.78 is 50.3. The summed E-state index contributed by atoms with van der Waals surface area (Å²) in [5, 5.41) is 22.4. The van der Waals surface area contributed by atoms with Crippen LogP contribution in [0.5, 0.6) is 11.5 Å². The normalized spacial score (nSPS) is 12.8. The Balaban J connectivity index is 1.82. The van der Waals surface area contributed by atoms with Gasteiger partial charge in [0.15, 0.2) is 5.78 Å². The van der Waals surface area contributed by atoms with Crippen molar-refractivity contribution in [2.24, 2.45) is 5.92 Å². The Morgan fingerprint density at radius 1 is 0.897 bits per heavy atom. The predicted molar refractivity (Wildman–Crippen MR) is 139 cm³/mol. The third kappa shape index (κ3) is 8.33. The van der Waals surface area contributed by atoms with Crippen molar-refractivity contribution in [2.75, 3.05) is 14.2 Å². The molecule has 0 radical (unpaired) electrons. The quantitative estimate of drug-likeness (QED) is 0.237. The summed E-state index contributed by atoms with van der Waals surface area (Å²) in [5.41, 5.74) is 0.243. The number of alkyl halides is 3. The van der Waals surface area contributed by atoms with Gasteiger partial charge in [-0.25, -0.2) is 0 Å². The average Bonchev–Trinajstić information content (AvgIpc) is 2.92. The molecule has 0 heterocycles. The Hall–Kier alpha value is -3.83. The number of rotatable bonds is 12. The van der Waals surface area contributed by atoms with E-state index >= 15 is 0 Å². The Labute approximate surface area is 224 Å². The Morgan fingerprint density at radius 2 is 1.56 bits per heavy atom. The molecule has 0 spiro atoms. The number of Topliss-reactive ketones (excluding diaryl/α,β-unsaturated/α-hetero) is 1. The number of ether oxygens (including phenoxy) is 2. The summed E-state index contributed by atoms with van der Waals surface area (Å²) in [4.78, 5) is 26.4. The van der Waals surface area contributed by atoms with E-state index in [0.717, 1.165) is 24.8 Å². The first-order valence-electron chi connectivity index (χ1n) is 12.1. The lowest BCUT2D eigenvalue weighted by atomic mass is 9.75. The molecule has 7 nitrogen and oxygen atoms in total. The Kier molecular flexibility index (Phi) is 10.1. The van der Waals surface area contributed by atoms with Crippen LogP contribution in [0, 0.1) is 5.92 Å². The number of benzene rings is 3. The minimum atomic E-state index is -4.69. The van der Waals surface area contributed by atoms with Gasteiger partial charge in [0.2, 0.25) is 5.91 Å². The van der Waals surface area contributed by atoms with Crippen molar-refractivity contribution < 1.29 is 42.3 Å². The number of hydrogen-bond donors (Lipinski definition) is 3. The van der Waals surface area contributed by atoms with E-state index in [9.17, 15) is 32.8 Å². The number of hydrogen-bond acceptors (Lipinski definition) is 6. The molecule has 3 rings (SSSR count). The molecule has 1 amide bonds. The van der Waals surface area contributed by atoms with Crippen LogP contribution >= 0.6 is 0 Å². The van der Waals surface area contributed by atoms with E-state index in [-0.39, 0.29) is 36.4 Å². The molecule has 0 aromatic heterocycles. The molecule has 0 bridgehead atoms. The molecule has 0 unspecified atom stereocenters. The molecule has 11 heteroatoms. The lowest BCUT2D eigenvalue weighted by Gasteiger charge is -2.23. The zero-order valence-electron chi connectivity index (χ0n) is 21.4. The molecule has 0 aliphatic carbocycles. The lowest BCUT2D eigenvalue weighted by molar-refractivity contribution is -0.138. The monoisotopic (exact) mass is 543 g/mol. The van der Waals surface area contributed by atoms with Crippen LogP contribution in [0.15, 0.2) is 72.8 Å². The maximum atomic E-state index is 13.5. The van der Waals surface area contributed by atoms with E-state index in [1.807, 2.05) is 6.07 Å². The lowest BCUT2D eigenvalue weighted by Crippen LogP contribution is -2.50. The van der Waals surface area contributed by atoms with Gasteiger partial charge in [-0.1, -0.05) is 36.4 Å². The van der Waals surface area contributed by atoms with Gasteiger partial charge in [0, 0.05) is 17.9 Å². The van der Waals surface area contributed by atoms with Crippen molar-refractivity contribution in [2.45, 2.75) is 31.4 Å². The molecular weight excluding hydrogens is 514 g/mol. The minimum absolute atomic E-state index is 0.107. The fourth-order valence-electron chi connectivity index (χ4n) is 4.16. The standard InChI is InChI=1S/C28H29BF3NO6/c1-38-22-11-9-20(10-12-22)24(34)17-21(14-18-6-4-3-5-7-18)27(35)33-26(29(36)37)16-19-8-13-25(39-2)23(15-19)28(30,31)32/h3-13,15,21,26,36-37H,14,16-17H2,1-2H3,(H,33,35)/t21-,26+/m1/s1. The molecule has 0 saturated carbocycles. The SMILES string of the molecule is COc1ccc(C(=O)C[C@@H](Cc2ccccc2)C(=O)N[C@@H](Cc2ccc(OC)c(C(F)(F)F)c2)B(O)O)cc1. The van der Waals surface area contributed by atoms with Crippen LogP contribution in [-0.2, 0) is 23.8 Å². The molecule has 3 aromatic carbocycles. The number of carbonyl (C=O) groups is 2. The van der Waals surface area contributed by atoms with Gasteiger partial charge < -0.3 is 24.8 Å². The van der Waals surface area contributed by atoms with Gasteiger partial charge >= 0.3 is 13.3 Å². The molecular formula is C28H29BF3NO6. The molecule has 3 N–H and O–H groups in total. The highest BCUT2D eigenvalue weighted by atomic mass is 19.4. The van der Waals surface area contributed by atoms with Crippen LogP contribution in [0.1, 0.15) is 33.5 Å². The average molecular weight is 543 g/mol. The number of carbonyl (C=O) groups excluding carboxylic acids is 2. The van der Waals surface area contributed by atoms with Gasteiger partial charge in [0.25, 0.3) is 0 Å². The molecule has 0 aliphatic rings. The smallest absolute Gasteiger partial charge is 0.475 e. The van der Waals surface area contributed by atoms with Gasteiger partial charge in [-0.3, -0.25) is 9.59 Å². The van der Waals surface area contributed by atoms with Crippen LogP contribution < -0.4 is 14.8 Å². The number of ketones is 1. The van der Waals surface area contributed by atoms with Crippen LogP contribution in [0.4, 0.5) is 13.2 Å². The molecule has 0 saturated heterocycles. The predicted octanol–water partition coefficient (Wildman–Crippen LogP) is 3.89. The maximum absolute atomic E-state index is 13.5. The zero-order valence-corrected chi connectivity index (χ0v) is 21.4. The first kappa shape index (κ1) is 29.7. The van der Waals surface area contributed by atoms with E-state index in [1.54, 1.807) is 48.5 Å². The van der Waals surface area contributed by atoms with Crippen molar-refractivity contribution in [1.29, 1.82) is 0 Å². The number of nitrogens with one attached hydrogen (secondary N) is 1. The van der Waals surface area contributed by atoms with Crippen LogP contribution in [0.2, 0.25) is 0 Å². The Morgan fingerprint density at radius 3 is 2.13 bits per heavy atom.